The molecule has 0 atom stereocenters. The van der Waals surface area contributed by atoms with Gasteiger partial charge in [0.15, 0.2) is 0 Å². The Balaban J connectivity index is -0.0000000800. The van der Waals surface area contributed by atoms with E-state index in [1.807, 2.05) is 0 Å². The molecule has 0 aliphatic carbocycles. The standard InChI is InChI=1S/C6H8N2.4ClH/c7-5-1-2-6(8)4-3-5;;;;/h1-4H,7-8H2;4*1H. The maximum absolute atomic E-state index is 5.37. The summed E-state index contributed by atoms with van der Waals surface area (Å²) in [6.45, 7) is 0. The van der Waals surface area contributed by atoms with E-state index in [0.29, 0.717) is 0 Å². The van der Waals surface area contributed by atoms with Crippen LogP contribution in [-0.4, -0.2) is 0 Å². The summed E-state index contributed by atoms with van der Waals surface area (Å²) < 4.78 is 0. The van der Waals surface area contributed by atoms with Crippen molar-refractivity contribution in [3.8, 4) is 0 Å². The van der Waals surface area contributed by atoms with Crippen molar-refractivity contribution in [3.05, 3.63) is 24.3 Å². The van der Waals surface area contributed by atoms with Gasteiger partial charge in [0.05, 0.1) is 0 Å². The molecule has 1 aromatic rings. The van der Waals surface area contributed by atoms with Crippen molar-refractivity contribution < 1.29 is 0 Å². The van der Waals surface area contributed by atoms with E-state index in [9.17, 15) is 0 Å². The van der Waals surface area contributed by atoms with Crippen molar-refractivity contribution in [1.29, 1.82) is 0 Å². The molecule has 0 radical (unpaired) electrons. The largest absolute Gasteiger partial charge is 0.399 e. The third-order valence-electron chi connectivity index (χ3n) is 0.936. The maximum atomic E-state index is 5.37. The van der Waals surface area contributed by atoms with E-state index in [1.165, 1.54) is 0 Å². The summed E-state index contributed by atoms with van der Waals surface area (Å²) in [5.41, 5.74) is 12.2. The Morgan fingerprint density at radius 3 is 0.917 bits per heavy atom. The van der Waals surface area contributed by atoms with Crippen LogP contribution in [0.4, 0.5) is 11.4 Å². The molecule has 0 saturated heterocycles. The van der Waals surface area contributed by atoms with Gasteiger partial charge in [-0.25, -0.2) is 0 Å². The number of benzene rings is 1. The van der Waals surface area contributed by atoms with Crippen LogP contribution in [-0.2, 0) is 0 Å². The molecule has 6 heteroatoms. The van der Waals surface area contributed by atoms with Crippen molar-refractivity contribution in [2.75, 3.05) is 11.5 Å². The van der Waals surface area contributed by atoms with E-state index in [2.05, 4.69) is 0 Å². The van der Waals surface area contributed by atoms with Crippen LogP contribution in [0.5, 0.6) is 0 Å². The fourth-order valence-electron chi connectivity index (χ4n) is 0.496. The minimum atomic E-state index is 0. The van der Waals surface area contributed by atoms with Gasteiger partial charge in [0.25, 0.3) is 0 Å². The average molecular weight is 254 g/mol. The van der Waals surface area contributed by atoms with Gasteiger partial charge in [-0.15, -0.1) is 49.6 Å². The first-order valence-corrected chi connectivity index (χ1v) is 2.40. The van der Waals surface area contributed by atoms with E-state index in [1.54, 1.807) is 24.3 Å². The normalized spacial score (nSPS) is 6.00. The predicted octanol–water partition coefficient (Wildman–Crippen LogP) is 2.54. The zero-order chi connectivity index (χ0) is 5.98. The van der Waals surface area contributed by atoms with Gasteiger partial charge in [-0.05, 0) is 24.3 Å². The molecule has 0 bridgehead atoms. The molecular weight excluding hydrogens is 242 g/mol. The lowest BCUT2D eigenvalue weighted by Gasteiger charge is -1.90. The monoisotopic (exact) mass is 252 g/mol. The van der Waals surface area contributed by atoms with Crippen LogP contribution in [0.1, 0.15) is 0 Å². The summed E-state index contributed by atoms with van der Waals surface area (Å²) in [6.07, 6.45) is 0. The lowest BCUT2D eigenvalue weighted by molar-refractivity contribution is 1.67. The molecule has 1 aromatic carbocycles. The zero-order valence-electron chi connectivity index (χ0n) is 6.10. The Hall–Kier alpha value is -0.0200. The summed E-state index contributed by atoms with van der Waals surface area (Å²) >= 11 is 0. The van der Waals surface area contributed by atoms with Crippen LogP contribution >= 0.6 is 49.6 Å². The number of nitrogen functional groups attached to an aromatic ring is 2. The minimum Gasteiger partial charge on any atom is -0.399 e. The van der Waals surface area contributed by atoms with Gasteiger partial charge in [0, 0.05) is 11.4 Å². The van der Waals surface area contributed by atoms with E-state index in [4.69, 9.17) is 11.5 Å². The second-order valence-electron chi connectivity index (χ2n) is 1.67. The van der Waals surface area contributed by atoms with Gasteiger partial charge in [-0.2, -0.15) is 0 Å². The molecule has 4 N–H and O–H groups in total. The maximum Gasteiger partial charge on any atom is 0.0315 e. The van der Waals surface area contributed by atoms with E-state index in [0.717, 1.165) is 11.4 Å². The Morgan fingerprint density at radius 1 is 0.583 bits per heavy atom. The molecule has 2 nitrogen and oxygen atoms in total. The number of rotatable bonds is 0. The molecule has 0 heterocycles. The summed E-state index contributed by atoms with van der Waals surface area (Å²) in [4.78, 5) is 0. The lowest BCUT2D eigenvalue weighted by Crippen LogP contribution is -1.86. The average Bonchev–Trinajstić information content (AvgIpc) is 1.77. The highest BCUT2D eigenvalue weighted by molar-refractivity contribution is 5.86. The van der Waals surface area contributed by atoms with Crippen molar-refractivity contribution in [2.24, 2.45) is 0 Å². The van der Waals surface area contributed by atoms with Crippen molar-refractivity contribution in [1.82, 2.24) is 0 Å². The van der Waals surface area contributed by atoms with Gasteiger partial charge in [-0.1, -0.05) is 0 Å². The van der Waals surface area contributed by atoms with Crippen LogP contribution in [0.25, 0.3) is 0 Å². The fraction of sp³-hybridized carbons (Fsp3) is 0. The second kappa shape index (κ2) is 11.0. The number of nitrogens with two attached hydrogens (primary N) is 2. The first-order chi connectivity index (χ1) is 3.79. The fourth-order valence-corrected chi connectivity index (χ4v) is 0.496. The zero-order valence-corrected chi connectivity index (χ0v) is 9.36. The van der Waals surface area contributed by atoms with Crippen LogP contribution in [0, 0.1) is 0 Å². The smallest absolute Gasteiger partial charge is 0.0315 e. The van der Waals surface area contributed by atoms with E-state index in [-0.39, 0.29) is 49.6 Å². The summed E-state index contributed by atoms with van der Waals surface area (Å²) in [7, 11) is 0. The number of hydrogen-bond donors (Lipinski definition) is 2. The molecule has 0 aliphatic rings. The summed E-state index contributed by atoms with van der Waals surface area (Å²) in [5.74, 6) is 0. The van der Waals surface area contributed by atoms with Crippen LogP contribution < -0.4 is 11.5 Å². The van der Waals surface area contributed by atoms with E-state index >= 15 is 0 Å². The highest BCUT2D eigenvalue weighted by Gasteiger charge is 1.80. The molecule has 0 aromatic heterocycles. The highest BCUT2D eigenvalue weighted by atomic mass is 35.5. The van der Waals surface area contributed by atoms with Gasteiger partial charge >= 0.3 is 0 Å². The second-order valence-corrected chi connectivity index (χ2v) is 1.67. The molecule has 0 unspecified atom stereocenters. The molecule has 1 rings (SSSR count). The van der Waals surface area contributed by atoms with Crippen LogP contribution in [0.3, 0.4) is 0 Å². The van der Waals surface area contributed by atoms with Crippen molar-refractivity contribution in [3.63, 3.8) is 0 Å². The molecular formula is C6H12Cl4N2. The molecule has 12 heavy (non-hydrogen) atoms. The summed E-state index contributed by atoms with van der Waals surface area (Å²) in [5, 5.41) is 0. The van der Waals surface area contributed by atoms with Crippen molar-refractivity contribution in [2.45, 2.75) is 0 Å². The number of hydrogen-bond acceptors (Lipinski definition) is 2. The van der Waals surface area contributed by atoms with E-state index < -0.39 is 0 Å². The number of halogens is 4. The Kier molecular flexibility index (Phi) is 20.8. The van der Waals surface area contributed by atoms with Gasteiger partial charge in [0.2, 0.25) is 0 Å². The first kappa shape index (κ1) is 22.7. The molecule has 0 fully saturated rings. The topological polar surface area (TPSA) is 52.0 Å². The lowest BCUT2D eigenvalue weighted by atomic mass is 10.3. The third-order valence-corrected chi connectivity index (χ3v) is 0.936. The van der Waals surface area contributed by atoms with Crippen LogP contribution in [0.15, 0.2) is 24.3 Å². The first-order valence-electron chi connectivity index (χ1n) is 2.40. The highest BCUT2D eigenvalue weighted by Crippen LogP contribution is 2.04. The SMILES string of the molecule is Cl.Cl.Cl.Cl.Nc1ccc(N)cc1. The van der Waals surface area contributed by atoms with Gasteiger partial charge in [0.1, 0.15) is 0 Å². The Bertz CT molecular complexity index is 156. The minimum absolute atomic E-state index is 0. The predicted molar refractivity (Wildman–Crippen MR) is 64.3 cm³/mol. The Morgan fingerprint density at radius 2 is 0.750 bits per heavy atom. The van der Waals surface area contributed by atoms with Crippen molar-refractivity contribution >= 4 is 61.0 Å². The molecule has 0 spiro atoms. The Labute approximate surface area is 96.7 Å². The van der Waals surface area contributed by atoms with Gasteiger partial charge < -0.3 is 11.5 Å². The number of anilines is 2. The molecule has 0 saturated carbocycles. The van der Waals surface area contributed by atoms with Crippen LogP contribution in [0.2, 0.25) is 0 Å². The molecule has 0 aliphatic heterocycles. The molecule has 0 amide bonds. The third kappa shape index (κ3) is 8.08. The van der Waals surface area contributed by atoms with Gasteiger partial charge in [-0.3, -0.25) is 0 Å². The quantitative estimate of drug-likeness (QED) is 0.699. The summed E-state index contributed by atoms with van der Waals surface area (Å²) in [6, 6.07) is 7.09. The molecule has 74 valence electrons.